The Balaban J connectivity index is 2.00. The third-order valence-electron chi connectivity index (χ3n) is 4.56. The lowest BCUT2D eigenvalue weighted by atomic mass is 10.0. The van der Waals surface area contributed by atoms with Gasteiger partial charge in [-0.1, -0.05) is 44.5 Å². The van der Waals surface area contributed by atoms with Crippen LogP contribution in [0.15, 0.2) is 24.3 Å². The van der Waals surface area contributed by atoms with Crippen LogP contribution in [0.1, 0.15) is 62.4 Å². The zero-order valence-corrected chi connectivity index (χ0v) is 13.1. The molecule has 1 aromatic carbocycles. The first-order chi connectivity index (χ1) is 9.65. The number of carbonyl (C=O) groups excluding carboxylic acids is 1. The lowest BCUT2D eigenvalue weighted by Gasteiger charge is -2.26. The lowest BCUT2D eigenvalue weighted by molar-refractivity contribution is 0.0889. The lowest BCUT2D eigenvalue weighted by Crippen LogP contribution is -2.38. The van der Waals surface area contributed by atoms with Crippen molar-refractivity contribution >= 4 is 5.78 Å². The van der Waals surface area contributed by atoms with Crippen LogP contribution >= 0.6 is 0 Å². The van der Waals surface area contributed by atoms with E-state index in [4.69, 9.17) is 0 Å². The Morgan fingerprint density at radius 2 is 1.90 bits per heavy atom. The maximum Gasteiger partial charge on any atom is 0.176 e. The van der Waals surface area contributed by atoms with Gasteiger partial charge < -0.3 is 0 Å². The van der Waals surface area contributed by atoms with Crippen molar-refractivity contribution in [3.63, 3.8) is 0 Å². The van der Waals surface area contributed by atoms with E-state index >= 15 is 0 Å². The molecular formula is C18H27NO. The highest BCUT2D eigenvalue weighted by molar-refractivity contribution is 5.97. The molecule has 0 radical (unpaired) electrons. The zero-order chi connectivity index (χ0) is 14.5. The SMILES string of the molecule is CCCc1ccc(C(=O)CN2C(C)CCC2CC)cc1. The molecule has 20 heavy (non-hydrogen) atoms. The summed E-state index contributed by atoms with van der Waals surface area (Å²) in [5, 5.41) is 0. The van der Waals surface area contributed by atoms with Crippen LogP contribution in [-0.2, 0) is 6.42 Å². The number of likely N-dealkylation sites (tertiary alicyclic amines) is 1. The van der Waals surface area contributed by atoms with Gasteiger partial charge in [-0.05, 0) is 38.2 Å². The maximum absolute atomic E-state index is 12.4. The normalized spacial score (nSPS) is 23.1. The topological polar surface area (TPSA) is 20.3 Å². The Kier molecular flexibility index (Phi) is 5.36. The summed E-state index contributed by atoms with van der Waals surface area (Å²) in [4.78, 5) is 14.8. The summed E-state index contributed by atoms with van der Waals surface area (Å²) in [5.41, 5.74) is 2.18. The number of aryl methyl sites for hydroxylation is 1. The van der Waals surface area contributed by atoms with Crippen LogP contribution in [-0.4, -0.2) is 29.3 Å². The second-order valence-corrected chi connectivity index (χ2v) is 6.03. The Morgan fingerprint density at radius 1 is 1.20 bits per heavy atom. The number of hydrogen-bond donors (Lipinski definition) is 0. The number of carbonyl (C=O) groups is 1. The van der Waals surface area contributed by atoms with E-state index in [0.717, 1.165) is 24.8 Å². The summed E-state index contributed by atoms with van der Waals surface area (Å²) in [7, 11) is 0. The highest BCUT2D eigenvalue weighted by atomic mass is 16.1. The molecule has 2 rings (SSSR count). The molecule has 0 aliphatic carbocycles. The number of benzene rings is 1. The van der Waals surface area contributed by atoms with Gasteiger partial charge >= 0.3 is 0 Å². The number of hydrogen-bond acceptors (Lipinski definition) is 2. The highest BCUT2D eigenvalue weighted by Gasteiger charge is 2.30. The van der Waals surface area contributed by atoms with Crippen LogP contribution in [0, 0.1) is 0 Å². The molecule has 2 unspecified atom stereocenters. The predicted octanol–water partition coefficient (Wildman–Crippen LogP) is 4.08. The summed E-state index contributed by atoms with van der Waals surface area (Å²) in [6.07, 6.45) is 5.85. The van der Waals surface area contributed by atoms with Crippen molar-refractivity contribution in [1.82, 2.24) is 4.90 Å². The van der Waals surface area contributed by atoms with E-state index in [1.54, 1.807) is 0 Å². The third-order valence-corrected chi connectivity index (χ3v) is 4.56. The largest absolute Gasteiger partial charge is 0.293 e. The fourth-order valence-corrected chi connectivity index (χ4v) is 3.25. The molecule has 1 aromatic rings. The molecule has 0 saturated carbocycles. The van der Waals surface area contributed by atoms with Crippen LogP contribution in [0.25, 0.3) is 0 Å². The Hall–Kier alpha value is -1.15. The molecule has 1 heterocycles. The van der Waals surface area contributed by atoms with E-state index in [2.05, 4.69) is 37.8 Å². The fourth-order valence-electron chi connectivity index (χ4n) is 3.25. The molecule has 1 aliphatic heterocycles. The minimum Gasteiger partial charge on any atom is -0.293 e. The Bertz CT molecular complexity index is 437. The van der Waals surface area contributed by atoms with Crippen LogP contribution in [0.3, 0.4) is 0 Å². The standard InChI is InChI=1S/C18H27NO/c1-4-6-15-8-10-16(11-9-15)18(20)13-19-14(3)7-12-17(19)5-2/h8-11,14,17H,4-7,12-13H2,1-3H3. The molecule has 2 nitrogen and oxygen atoms in total. The van der Waals surface area contributed by atoms with E-state index in [0.29, 0.717) is 18.6 Å². The van der Waals surface area contributed by atoms with Crippen molar-refractivity contribution in [3.05, 3.63) is 35.4 Å². The smallest absolute Gasteiger partial charge is 0.176 e. The molecule has 0 aromatic heterocycles. The highest BCUT2D eigenvalue weighted by Crippen LogP contribution is 2.26. The number of Topliss-reactive ketones (excluding diaryl/α,β-unsaturated/α-hetero) is 1. The van der Waals surface area contributed by atoms with E-state index < -0.39 is 0 Å². The average Bonchev–Trinajstić information content (AvgIpc) is 2.81. The van der Waals surface area contributed by atoms with Crippen molar-refractivity contribution in [2.45, 2.75) is 65.0 Å². The predicted molar refractivity (Wildman–Crippen MR) is 84.2 cm³/mol. The van der Waals surface area contributed by atoms with Crippen LogP contribution in [0.5, 0.6) is 0 Å². The summed E-state index contributed by atoms with van der Waals surface area (Å²) in [6, 6.07) is 9.32. The molecule has 0 bridgehead atoms. The molecule has 1 aliphatic rings. The Morgan fingerprint density at radius 3 is 2.50 bits per heavy atom. The number of nitrogens with zero attached hydrogens (tertiary/aromatic N) is 1. The molecule has 0 N–H and O–H groups in total. The van der Waals surface area contributed by atoms with Gasteiger partial charge in [-0.15, -0.1) is 0 Å². The summed E-state index contributed by atoms with van der Waals surface area (Å²) >= 11 is 0. The minimum absolute atomic E-state index is 0.264. The number of rotatable bonds is 6. The average molecular weight is 273 g/mol. The van der Waals surface area contributed by atoms with Gasteiger partial charge in [0.05, 0.1) is 6.54 Å². The second kappa shape index (κ2) is 7.03. The minimum atomic E-state index is 0.264. The van der Waals surface area contributed by atoms with E-state index in [-0.39, 0.29) is 5.78 Å². The van der Waals surface area contributed by atoms with E-state index in [1.807, 2.05) is 12.1 Å². The first-order valence-corrected chi connectivity index (χ1v) is 8.03. The molecule has 1 fully saturated rings. The van der Waals surface area contributed by atoms with Gasteiger partial charge in [0.25, 0.3) is 0 Å². The molecule has 2 atom stereocenters. The van der Waals surface area contributed by atoms with Crippen molar-refractivity contribution < 1.29 is 4.79 Å². The van der Waals surface area contributed by atoms with Crippen molar-refractivity contribution in [3.8, 4) is 0 Å². The van der Waals surface area contributed by atoms with Crippen LogP contribution < -0.4 is 0 Å². The van der Waals surface area contributed by atoms with Crippen molar-refractivity contribution in [2.75, 3.05) is 6.54 Å². The van der Waals surface area contributed by atoms with Gasteiger partial charge in [-0.2, -0.15) is 0 Å². The third kappa shape index (κ3) is 3.49. The van der Waals surface area contributed by atoms with Gasteiger partial charge in [-0.25, -0.2) is 0 Å². The summed E-state index contributed by atoms with van der Waals surface area (Å²) in [6.45, 7) is 7.22. The molecule has 1 saturated heterocycles. The number of ketones is 1. The first kappa shape index (κ1) is 15.2. The van der Waals surface area contributed by atoms with Gasteiger partial charge in [0.2, 0.25) is 0 Å². The fraction of sp³-hybridized carbons (Fsp3) is 0.611. The molecule has 0 amide bonds. The second-order valence-electron chi connectivity index (χ2n) is 6.03. The van der Waals surface area contributed by atoms with E-state index in [1.165, 1.54) is 18.4 Å². The molecule has 2 heteroatoms. The van der Waals surface area contributed by atoms with E-state index in [9.17, 15) is 4.79 Å². The van der Waals surface area contributed by atoms with Crippen molar-refractivity contribution in [2.24, 2.45) is 0 Å². The van der Waals surface area contributed by atoms with Crippen molar-refractivity contribution in [1.29, 1.82) is 0 Å². The van der Waals surface area contributed by atoms with Gasteiger partial charge in [0.15, 0.2) is 5.78 Å². The molecule has 0 spiro atoms. The first-order valence-electron chi connectivity index (χ1n) is 8.03. The van der Waals surface area contributed by atoms with Gasteiger partial charge in [-0.3, -0.25) is 9.69 Å². The zero-order valence-electron chi connectivity index (χ0n) is 13.1. The summed E-state index contributed by atoms with van der Waals surface area (Å²) < 4.78 is 0. The maximum atomic E-state index is 12.4. The quantitative estimate of drug-likeness (QED) is 0.728. The van der Waals surface area contributed by atoms with Crippen LogP contribution in [0.2, 0.25) is 0 Å². The summed E-state index contributed by atoms with van der Waals surface area (Å²) in [5.74, 6) is 0.264. The van der Waals surface area contributed by atoms with Gasteiger partial charge in [0, 0.05) is 17.6 Å². The van der Waals surface area contributed by atoms with Gasteiger partial charge in [0.1, 0.15) is 0 Å². The Labute approximate surface area is 123 Å². The molecular weight excluding hydrogens is 246 g/mol. The van der Waals surface area contributed by atoms with Crippen LogP contribution in [0.4, 0.5) is 0 Å². The monoisotopic (exact) mass is 273 g/mol. The molecule has 110 valence electrons.